The molecule has 1 aromatic rings. The lowest BCUT2D eigenvalue weighted by molar-refractivity contribution is 0.0946. The van der Waals surface area contributed by atoms with Crippen LogP contribution in [0.25, 0.3) is 0 Å². The number of amides is 1. The molecule has 0 saturated heterocycles. The summed E-state index contributed by atoms with van der Waals surface area (Å²) in [5, 5.41) is 6.15. The van der Waals surface area contributed by atoms with Gasteiger partial charge in [0.05, 0.1) is 12.2 Å². The summed E-state index contributed by atoms with van der Waals surface area (Å²) in [6.07, 6.45) is 0. The van der Waals surface area contributed by atoms with Crippen LogP contribution in [0.2, 0.25) is 0 Å². The van der Waals surface area contributed by atoms with Gasteiger partial charge >= 0.3 is 0 Å². The first-order valence-electron chi connectivity index (χ1n) is 6.42. The Hall–Kier alpha value is -1.55. The molecular weight excluding hydrogens is 228 g/mol. The van der Waals surface area contributed by atoms with Gasteiger partial charge in [-0.2, -0.15) is 0 Å². The maximum absolute atomic E-state index is 12.0. The molecule has 18 heavy (non-hydrogen) atoms. The van der Waals surface area contributed by atoms with Crippen molar-refractivity contribution in [2.45, 2.75) is 26.8 Å². The second-order valence-electron chi connectivity index (χ2n) is 4.10. The minimum absolute atomic E-state index is 0.0937. The van der Waals surface area contributed by atoms with Gasteiger partial charge in [0.1, 0.15) is 5.75 Å². The second kappa shape index (κ2) is 7.71. The van der Waals surface area contributed by atoms with E-state index in [1.54, 1.807) is 6.07 Å². The summed E-state index contributed by atoms with van der Waals surface area (Å²) < 4.78 is 5.44. The van der Waals surface area contributed by atoms with Gasteiger partial charge in [-0.05, 0) is 32.5 Å². The maximum Gasteiger partial charge on any atom is 0.255 e. The van der Waals surface area contributed by atoms with Crippen LogP contribution >= 0.6 is 0 Å². The first-order valence-corrected chi connectivity index (χ1v) is 6.42. The number of benzene rings is 1. The molecule has 1 amide bonds. The van der Waals surface area contributed by atoms with Crippen molar-refractivity contribution in [3.63, 3.8) is 0 Å². The molecule has 0 aromatic heterocycles. The first-order chi connectivity index (χ1) is 8.69. The smallest absolute Gasteiger partial charge is 0.255 e. The predicted molar refractivity (Wildman–Crippen MR) is 73.1 cm³/mol. The quantitative estimate of drug-likeness (QED) is 0.776. The lowest BCUT2D eigenvalue weighted by Gasteiger charge is -2.14. The topological polar surface area (TPSA) is 50.4 Å². The van der Waals surface area contributed by atoms with Crippen molar-refractivity contribution < 1.29 is 9.53 Å². The molecule has 0 aliphatic rings. The van der Waals surface area contributed by atoms with E-state index in [2.05, 4.69) is 10.6 Å². The van der Waals surface area contributed by atoms with Gasteiger partial charge in [-0.25, -0.2) is 0 Å². The lowest BCUT2D eigenvalue weighted by Crippen LogP contribution is -2.38. The molecule has 2 N–H and O–H groups in total. The molecule has 1 aromatic carbocycles. The fourth-order valence-electron chi connectivity index (χ4n) is 1.70. The highest BCUT2D eigenvalue weighted by atomic mass is 16.5. The molecular formula is C14H22N2O2. The van der Waals surface area contributed by atoms with Crippen LogP contribution in [-0.4, -0.2) is 31.6 Å². The normalized spacial score (nSPS) is 11.9. The van der Waals surface area contributed by atoms with E-state index in [9.17, 15) is 4.79 Å². The van der Waals surface area contributed by atoms with Crippen molar-refractivity contribution >= 4 is 5.91 Å². The first kappa shape index (κ1) is 14.5. The van der Waals surface area contributed by atoms with Crippen LogP contribution < -0.4 is 15.4 Å². The Balaban J connectivity index is 2.60. The van der Waals surface area contributed by atoms with Gasteiger partial charge in [0.25, 0.3) is 5.91 Å². The number of carbonyl (C=O) groups is 1. The van der Waals surface area contributed by atoms with Crippen LogP contribution in [0.15, 0.2) is 24.3 Å². The zero-order valence-corrected chi connectivity index (χ0v) is 11.3. The number of hydrogen-bond donors (Lipinski definition) is 2. The lowest BCUT2D eigenvalue weighted by atomic mass is 10.2. The number of para-hydroxylation sites is 1. The van der Waals surface area contributed by atoms with E-state index in [1.807, 2.05) is 39.0 Å². The van der Waals surface area contributed by atoms with Gasteiger partial charge in [-0.1, -0.05) is 19.1 Å². The Bertz CT molecular complexity index is 380. The highest BCUT2D eigenvalue weighted by Crippen LogP contribution is 2.17. The molecule has 0 aliphatic carbocycles. The van der Waals surface area contributed by atoms with Crippen LogP contribution in [-0.2, 0) is 0 Å². The average Bonchev–Trinajstić information content (AvgIpc) is 2.37. The largest absolute Gasteiger partial charge is 0.493 e. The summed E-state index contributed by atoms with van der Waals surface area (Å²) >= 11 is 0. The third-order valence-electron chi connectivity index (χ3n) is 2.55. The van der Waals surface area contributed by atoms with Gasteiger partial charge in [0.2, 0.25) is 0 Å². The summed E-state index contributed by atoms with van der Waals surface area (Å²) in [5.74, 6) is 0.539. The SMILES string of the molecule is CCN[C@H](C)CNC(=O)c1ccccc1OCC. The summed E-state index contributed by atoms with van der Waals surface area (Å²) in [4.78, 5) is 12.0. The molecule has 0 unspecified atom stereocenters. The fourth-order valence-corrected chi connectivity index (χ4v) is 1.70. The minimum atomic E-state index is -0.0937. The number of nitrogens with one attached hydrogen (secondary N) is 2. The Kier molecular flexibility index (Phi) is 6.22. The number of rotatable bonds is 7. The van der Waals surface area contributed by atoms with Crippen molar-refractivity contribution in [1.29, 1.82) is 0 Å². The van der Waals surface area contributed by atoms with Crippen molar-refractivity contribution in [3.05, 3.63) is 29.8 Å². The van der Waals surface area contributed by atoms with Gasteiger partial charge in [0, 0.05) is 12.6 Å². The summed E-state index contributed by atoms with van der Waals surface area (Å²) in [5.41, 5.74) is 0.586. The van der Waals surface area contributed by atoms with Crippen molar-refractivity contribution in [2.24, 2.45) is 0 Å². The van der Waals surface area contributed by atoms with E-state index in [1.165, 1.54) is 0 Å². The van der Waals surface area contributed by atoms with Crippen molar-refractivity contribution in [1.82, 2.24) is 10.6 Å². The van der Waals surface area contributed by atoms with Crippen LogP contribution in [0.4, 0.5) is 0 Å². The highest BCUT2D eigenvalue weighted by Gasteiger charge is 2.12. The number of carbonyl (C=O) groups excluding carboxylic acids is 1. The molecule has 0 bridgehead atoms. The van der Waals surface area contributed by atoms with E-state index >= 15 is 0 Å². The Morgan fingerprint density at radius 1 is 1.33 bits per heavy atom. The Morgan fingerprint density at radius 3 is 2.72 bits per heavy atom. The number of hydrogen-bond acceptors (Lipinski definition) is 3. The highest BCUT2D eigenvalue weighted by molar-refractivity contribution is 5.96. The molecule has 1 atom stereocenters. The van der Waals surface area contributed by atoms with E-state index in [0.717, 1.165) is 6.54 Å². The van der Waals surface area contributed by atoms with Crippen LogP contribution in [0.3, 0.4) is 0 Å². The standard InChI is InChI=1S/C14H22N2O2/c1-4-15-11(3)10-16-14(17)12-8-6-7-9-13(12)18-5-2/h6-9,11,15H,4-5,10H2,1-3H3,(H,16,17)/t11-/m1/s1. The predicted octanol–water partition coefficient (Wildman–Crippen LogP) is 1.81. The second-order valence-corrected chi connectivity index (χ2v) is 4.10. The van der Waals surface area contributed by atoms with Crippen molar-refractivity contribution in [2.75, 3.05) is 19.7 Å². The molecule has 0 aliphatic heterocycles. The Morgan fingerprint density at radius 2 is 2.06 bits per heavy atom. The Labute approximate surface area is 109 Å². The van der Waals surface area contributed by atoms with Crippen LogP contribution in [0.5, 0.6) is 5.75 Å². The van der Waals surface area contributed by atoms with E-state index in [0.29, 0.717) is 24.5 Å². The molecule has 0 fully saturated rings. The zero-order chi connectivity index (χ0) is 13.4. The van der Waals surface area contributed by atoms with E-state index in [-0.39, 0.29) is 11.9 Å². The average molecular weight is 250 g/mol. The van der Waals surface area contributed by atoms with Gasteiger partial charge in [-0.15, -0.1) is 0 Å². The van der Waals surface area contributed by atoms with Crippen LogP contribution in [0.1, 0.15) is 31.1 Å². The molecule has 4 nitrogen and oxygen atoms in total. The molecule has 1 rings (SSSR count). The monoisotopic (exact) mass is 250 g/mol. The maximum atomic E-state index is 12.0. The third kappa shape index (κ3) is 4.37. The molecule has 0 saturated carbocycles. The van der Waals surface area contributed by atoms with Gasteiger partial charge in [0.15, 0.2) is 0 Å². The fraction of sp³-hybridized carbons (Fsp3) is 0.500. The molecule has 0 radical (unpaired) electrons. The molecule has 0 heterocycles. The zero-order valence-electron chi connectivity index (χ0n) is 11.3. The summed E-state index contributed by atoms with van der Waals surface area (Å²) in [7, 11) is 0. The minimum Gasteiger partial charge on any atom is -0.493 e. The summed E-state index contributed by atoms with van der Waals surface area (Å²) in [6.45, 7) is 8.04. The van der Waals surface area contributed by atoms with Gasteiger partial charge in [-0.3, -0.25) is 4.79 Å². The number of ether oxygens (including phenoxy) is 1. The molecule has 100 valence electrons. The summed E-state index contributed by atoms with van der Waals surface area (Å²) in [6, 6.07) is 7.55. The molecule has 4 heteroatoms. The molecule has 0 spiro atoms. The third-order valence-corrected chi connectivity index (χ3v) is 2.55. The van der Waals surface area contributed by atoms with Crippen molar-refractivity contribution in [3.8, 4) is 5.75 Å². The van der Waals surface area contributed by atoms with E-state index < -0.39 is 0 Å². The number of likely N-dealkylation sites (N-methyl/N-ethyl adjacent to an activating group) is 1. The van der Waals surface area contributed by atoms with Gasteiger partial charge < -0.3 is 15.4 Å². The van der Waals surface area contributed by atoms with Crippen LogP contribution in [0, 0.1) is 0 Å². The van der Waals surface area contributed by atoms with E-state index in [4.69, 9.17) is 4.74 Å².